The average Bonchev–Trinajstić information content (AvgIpc) is 3.17. The Morgan fingerprint density at radius 3 is 2.56 bits per heavy atom. The smallest absolute Gasteiger partial charge is 0.297 e. The zero-order chi connectivity index (χ0) is 19.2. The first kappa shape index (κ1) is 19.4. The van der Waals surface area contributed by atoms with E-state index < -0.39 is 0 Å². The molecule has 3 rings (SSSR count). The molecule has 2 aliphatic rings. The minimum Gasteiger partial charge on any atom is -0.439 e. The molecule has 1 aromatic carbocycles. The van der Waals surface area contributed by atoms with Crippen molar-refractivity contribution >= 4 is 29.0 Å². The second-order valence-electron chi connectivity index (χ2n) is 6.59. The van der Waals surface area contributed by atoms with Gasteiger partial charge >= 0.3 is 0 Å². The Labute approximate surface area is 166 Å². The van der Waals surface area contributed by atoms with Gasteiger partial charge < -0.3 is 14.4 Å². The Bertz CT molecular complexity index is 772. The van der Waals surface area contributed by atoms with Crippen LogP contribution in [0.1, 0.15) is 46.0 Å². The third-order valence-corrected chi connectivity index (χ3v) is 4.99. The summed E-state index contributed by atoms with van der Waals surface area (Å²) in [6.45, 7) is 5.62. The Kier molecular flexibility index (Phi) is 6.50. The van der Waals surface area contributed by atoms with Gasteiger partial charge in [0.1, 0.15) is 0 Å². The first-order valence-electron chi connectivity index (χ1n) is 9.65. The van der Waals surface area contributed by atoms with Gasteiger partial charge in [0.2, 0.25) is 5.88 Å². The molecule has 0 bridgehead atoms. The average molecular weight is 387 g/mol. The lowest BCUT2D eigenvalue weighted by molar-refractivity contribution is -0.123. The Hall–Kier alpha value is -2.34. The summed E-state index contributed by atoms with van der Waals surface area (Å²) in [7, 11) is 0. The maximum Gasteiger partial charge on any atom is 0.297 e. The van der Waals surface area contributed by atoms with E-state index >= 15 is 0 Å². The first-order chi connectivity index (χ1) is 13.2. The molecule has 0 N–H and O–H groups in total. The van der Waals surface area contributed by atoms with Crippen LogP contribution in [0, 0.1) is 0 Å². The number of ether oxygens (including phenoxy) is 2. The molecule has 0 unspecified atom stereocenters. The number of allylic oxidation sites excluding steroid dienone is 2. The Morgan fingerprint density at radius 1 is 1.00 bits per heavy atom. The second kappa shape index (κ2) is 9.04. The summed E-state index contributed by atoms with van der Waals surface area (Å²) in [5.41, 5.74) is 1.02. The van der Waals surface area contributed by atoms with Crippen LogP contribution in [0.3, 0.4) is 0 Å². The van der Waals surface area contributed by atoms with Crippen LogP contribution in [0.4, 0.5) is 5.69 Å². The van der Waals surface area contributed by atoms with E-state index in [1.54, 1.807) is 17.1 Å². The molecule has 1 aromatic rings. The number of thiocarbonyl (C=S) groups is 1. The molecule has 1 saturated heterocycles. The van der Waals surface area contributed by atoms with E-state index in [1.165, 1.54) is 19.3 Å². The predicted molar refractivity (Wildman–Crippen MR) is 110 cm³/mol. The van der Waals surface area contributed by atoms with E-state index in [4.69, 9.17) is 21.7 Å². The van der Waals surface area contributed by atoms with Crippen molar-refractivity contribution in [1.29, 1.82) is 0 Å². The molecule has 2 aliphatic heterocycles. The highest BCUT2D eigenvalue weighted by Crippen LogP contribution is 2.38. The number of carbonyl (C=O) groups is 1. The van der Waals surface area contributed by atoms with Gasteiger partial charge in [-0.15, -0.1) is 0 Å². The van der Waals surface area contributed by atoms with Crippen molar-refractivity contribution in [3.05, 3.63) is 48.1 Å². The number of nitrogens with zero attached hydrogens (tertiary/aromatic N) is 2. The molecule has 1 fully saturated rings. The number of para-hydroxylation sites is 2. The maximum atomic E-state index is 12.6. The van der Waals surface area contributed by atoms with Crippen LogP contribution in [0.25, 0.3) is 0 Å². The van der Waals surface area contributed by atoms with E-state index in [0.29, 0.717) is 12.4 Å². The van der Waals surface area contributed by atoms with E-state index in [1.807, 2.05) is 24.3 Å². The number of hydrogen-bond donors (Lipinski definition) is 0. The van der Waals surface area contributed by atoms with E-state index in [-0.39, 0.29) is 16.8 Å². The molecule has 0 atom stereocenters. The number of anilines is 1. The molecule has 0 aromatic heterocycles. The highest BCUT2D eigenvalue weighted by atomic mass is 32.1. The van der Waals surface area contributed by atoms with Crippen molar-refractivity contribution in [2.24, 2.45) is 0 Å². The van der Waals surface area contributed by atoms with Gasteiger partial charge in [-0.2, -0.15) is 0 Å². The number of amides is 1. The van der Waals surface area contributed by atoms with Crippen LogP contribution in [-0.4, -0.2) is 29.1 Å². The molecule has 0 radical (unpaired) electrons. The lowest BCUT2D eigenvalue weighted by Gasteiger charge is -2.14. The van der Waals surface area contributed by atoms with Crippen molar-refractivity contribution in [1.82, 2.24) is 4.90 Å². The van der Waals surface area contributed by atoms with Crippen molar-refractivity contribution in [3.8, 4) is 5.75 Å². The predicted octanol–water partition coefficient (Wildman–Crippen LogP) is 4.74. The number of unbranched alkanes of at least 4 members (excludes halogenated alkanes) is 4. The molecule has 0 saturated carbocycles. The van der Waals surface area contributed by atoms with Gasteiger partial charge in [0.15, 0.2) is 11.5 Å². The third kappa shape index (κ3) is 4.33. The topological polar surface area (TPSA) is 42.0 Å². The minimum atomic E-state index is -0.175. The molecular formula is C21H26N2O3S. The van der Waals surface area contributed by atoms with Gasteiger partial charge in [-0.3, -0.25) is 9.69 Å². The highest BCUT2D eigenvalue weighted by molar-refractivity contribution is 7.80. The fraction of sp³-hybridized carbons (Fsp3) is 0.429. The molecule has 0 spiro atoms. The monoisotopic (exact) mass is 386 g/mol. The molecule has 0 aliphatic carbocycles. The number of benzene rings is 1. The molecule has 6 heteroatoms. The number of hydrogen-bond acceptors (Lipinski definition) is 5. The van der Waals surface area contributed by atoms with Gasteiger partial charge in [0.25, 0.3) is 11.1 Å². The summed E-state index contributed by atoms with van der Waals surface area (Å²) >= 11 is 5.23. The van der Waals surface area contributed by atoms with Crippen LogP contribution < -0.4 is 9.64 Å². The number of fused-ring (bicyclic) bond motifs is 1. The SMILES string of the molecule is CCCCCCCN1C(=O)/C(=C/C=C2\Oc3ccccc3N2CC)OC1=S. The number of rotatable bonds is 8. The second-order valence-corrected chi connectivity index (χ2v) is 6.94. The highest BCUT2D eigenvalue weighted by Gasteiger charge is 2.33. The molecule has 27 heavy (non-hydrogen) atoms. The van der Waals surface area contributed by atoms with E-state index in [2.05, 4.69) is 18.7 Å². The van der Waals surface area contributed by atoms with E-state index in [0.717, 1.165) is 30.8 Å². The Morgan fingerprint density at radius 2 is 1.78 bits per heavy atom. The normalized spacial score (nSPS) is 19.0. The fourth-order valence-electron chi connectivity index (χ4n) is 3.23. The summed E-state index contributed by atoms with van der Waals surface area (Å²) in [5, 5.41) is 0.239. The van der Waals surface area contributed by atoms with Crippen LogP contribution in [-0.2, 0) is 9.53 Å². The zero-order valence-electron chi connectivity index (χ0n) is 15.9. The third-order valence-electron chi connectivity index (χ3n) is 4.69. The lowest BCUT2D eigenvalue weighted by atomic mass is 10.1. The van der Waals surface area contributed by atoms with Crippen LogP contribution in [0.5, 0.6) is 5.75 Å². The minimum absolute atomic E-state index is 0.175. The van der Waals surface area contributed by atoms with E-state index in [9.17, 15) is 4.79 Å². The summed E-state index contributed by atoms with van der Waals surface area (Å²) in [5.74, 6) is 1.56. The molecule has 1 amide bonds. The fourth-order valence-corrected chi connectivity index (χ4v) is 3.49. The maximum absolute atomic E-state index is 12.6. The lowest BCUT2D eigenvalue weighted by Crippen LogP contribution is -2.29. The van der Waals surface area contributed by atoms with Gasteiger partial charge in [-0.1, -0.05) is 44.7 Å². The van der Waals surface area contributed by atoms with Crippen molar-refractivity contribution in [2.45, 2.75) is 46.0 Å². The van der Waals surface area contributed by atoms with Crippen LogP contribution in [0.2, 0.25) is 0 Å². The van der Waals surface area contributed by atoms with Crippen molar-refractivity contribution in [2.75, 3.05) is 18.0 Å². The quantitative estimate of drug-likeness (QED) is 0.367. The summed E-state index contributed by atoms with van der Waals surface area (Å²) in [6, 6.07) is 7.86. The molecule has 5 nitrogen and oxygen atoms in total. The van der Waals surface area contributed by atoms with Crippen LogP contribution >= 0.6 is 12.2 Å². The molecule has 144 valence electrons. The summed E-state index contributed by atoms with van der Waals surface area (Å²) in [6.07, 6.45) is 9.06. The summed E-state index contributed by atoms with van der Waals surface area (Å²) in [4.78, 5) is 16.2. The first-order valence-corrected chi connectivity index (χ1v) is 10.1. The molecule has 2 heterocycles. The summed E-state index contributed by atoms with van der Waals surface area (Å²) < 4.78 is 11.4. The van der Waals surface area contributed by atoms with Gasteiger partial charge in [0, 0.05) is 19.2 Å². The zero-order valence-corrected chi connectivity index (χ0v) is 16.8. The van der Waals surface area contributed by atoms with Crippen molar-refractivity contribution < 1.29 is 14.3 Å². The van der Waals surface area contributed by atoms with Gasteiger partial charge in [-0.25, -0.2) is 0 Å². The number of carbonyl (C=O) groups excluding carboxylic acids is 1. The van der Waals surface area contributed by atoms with Gasteiger partial charge in [0.05, 0.1) is 5.69 Å². The van der Waals surface area contributed by atoms with Gasteiger partial charge in [-0.05, 0) is 43.8 Å². The largest absolute Gasteiger partial charge is 0.439 e. The Balaban J connectivity index is 1.65. The van der Waals surface area contributed by atoms with Crippen molar-refractivity contribution in [3.63, 3.8) is 0 Å². The standard InChI is InChI=1S/C21H26N2O3S/c1-3-5-6-7-10-15-23-20(24)18(26-21(23)27)13-14-19-22(4-2)16-11-8-9-12-17(16)25-19/h8-9,11-14H,3-7,10,15H2,1-2H3/b18-13-,19-14-. The molecular weight excluding hydrogens is 360 g/mol. The van der Waals surface area contributed by atoms with Crippen LogP contribution in [0.15, 0.2) is 48.1 Å².